The van der Waals surface area contributed by atoms with Crippen LogP contribution in [0.25, 0.3) is 72.0 Å². The fourth-order valence-electron chi connectivity index (χ4n) is 12.5. The summed E-state index contributed by atoms with van der Waals surface area (Å²) in [4.78, 5) is 2.39. The van der Waals surface area contributed by atoms with E-state index in [-0.39, 0.29) is 5.41 Å². The summed E-state index contributed by atoms with van der Waals surface area (Å²) in [5.74, 6) is 0. The van der Waals surface area contributed by atoms with Crippen molar-refractivity contribution < 1.29 is 0 Å². The molecule has 0 atom stereocenters. The summed E-state index contributed by atoms with van der Waals surface area (Å²) in [6.07, 6.45) is 0. The molecule has 14 rings (SSSR count). The summed E-state index contributed by atoms with van der Waals surface area (Å²) >= 11 is 0. The number of aromatic nitrogens is 1. The van der Waals surface area contributed by atoms with Crippen LogP contribution in [0.5, 0.6) is 0 Å². The van der Waals surface area contributed by atoms with Gasteiger partial charge in [-0.2, -0.15) is 0 Å². The third kappa shape index (κ3) is 6.34. The zero-order chi connectivity index (χ0) is 48.0. The molecule has 11 aromatic carbocycles. The Morgan fingerprint density at radius 1 is 0.333 bits per heavy atom. The van der Waals surface area contributed by atoms with Gasteiger partial charge in [-0.25, -0.2) is 0 Å². The Morgan fingerprint density at radius 2 is 0.792 bits per heavy atom. The van der Waals surface area contributed by atoms with Crippen LogP contribution in [0.2, 0.25) is 0 Å². The number of anilines is 3. The average Bonchev–Trinajstić information content (AvgIpc) is 4.03. The molecule has 2 aliphatic rings. The van der Waals surface area contributed by atoms with Gasteiger partial charge < -0.3 is 9.47 Å². The molecule has 0 saturated heterocycles. The number of fused-ring (bicyclic) bond motifs is 9. The average molecular weight is 935 g/mol. The molecular weight excluding hydrogens is 885 g/mol. The first kappa shape index (κ1) is 42.1. The van der Waals surface area contributed by atoms with Gasteiger partial charge in [-0.05, 0) is 143 Å². The number of rotatable bonds is 8. The van der Waals surface area contributed by atoms with Gasteiger partial charge in [0, 0.05) is 38.9 Å². The lowest BCUT2D eigenvalue weighted by Crippen LogP contribution is -2.72. The van der Waals surface area contributed by atoms with Crippen molar-refractivity contribution in [1.29, 1.82) is 0 Å². The van der Waals surface area contributed by atoms with Crippen molar-refractivity contribution in [3.8, 4) is 50.2 Å². The third-order valence-corrected chi connectivity index (χ3v) is 20.8. The molecule has 12 aromatic rings. The molecule has 0 amide bonds. The Balaban J connectivity index is 0.861. The minimum Gasteiger partial charge on any atom is -0.311 e. The first-order chi connectivity index (χ1) is 35.5. The van der Waals surface area contributed by atoms with E-state index in [9.17, 15) is 0 Å². The molecule has 2 nitrogen and oxygen atoms in total. The summed E-state index contributed by atoms with van der Waals surface area (Å²) in [5, 5.41) is 8.25. The second-order valence-electron chi connectivity index (χ2n) is 20.0. The van der Waals surface area contributed by atoms with Gasteiger partial charge in [0.1, 0.15) is 0 Å². The molecule has 0 saturated carbocycles. The fraction of sp³-hybridized carbons (Fsp3) is 0.0435. The lowest BCUT2D eigenvalue weighted by molar-refractivity contribution is 0.660. The smallest absolute Gasteiger partial charge is 0.180 e. The maximum atomic E-state index is 2.48. The highest BCUT2D eigenvalue weighted by atomic mass is 28.3. The quantitative estimate of drug-likeness (QED) is 0.138. The van der Waals surface area contributed by atoms with Crippen molar-refractivity contribution in [2.24, 2.45) is 0 Å². The Kier molecular flexibility index (Phi) is 9.61. The highest BCUT2D eigenvalue weighted by Gasteiger charge is 2.48. The zero-order valence-corrected chi connectivity index (χ0v) is 41.3. The molecule has 0 unspecified atom stereocenters. The van der Waals surface area contributed by atoms with E-state index in [1.54, 1.807) is 0 Å². The molecule has 0 fully saturated rings. The van der Waals surface area contributed by atoms with Crippen LogP contribution in [0.3, 0.4) is 0 Å². The van der Waals surface area contributed by atoms with Crippen molar-refractivity contribution in [2.45, 2.75) is 19.3 Å². The maximum absolute atomic E-state index is 2.63. The summed E-state index contributed by atoms with van der Waals surface area (Å²) in [5.41, 5.74) is 19.8. The van der Waals surface area contributed by atoms with E-state index in [2.05, 4.69) is 290 Å². The first-order valence-electron chi connectivity index (χ1n) is 25.2. The molecule has 72 heavy (non-hydrogen) atoms. The summed E-state index contributed by atoms with van der Waals surface area (Å²) in [7, 11) is -2.63. The number of hydrogen-bond donors (Lipinski definition) is 0. The highest BCUT2D eigenvalue weighted by Crippen LogP contribution is 2.50. The van der Waals surface area contributed by atoms with Crippen LogP contribution in [0.1, 0.15) is 25.0 Å². The number of nitrogens with zero attached hydrogens (tertiary/aromatic N) is 2. The molecule has 0 N–H and O–H groups in total. The van der Waals surface area contributed by atoms with Crippen LogP contribution >= 0.6 is 0 Å². The van der Waals surface area contributed by atoms with Crippen LogP contribution in [-0.4, -0.2) is 12.6 Å². The van der Waals surface area contributed by atoms with Crippen LogP contribution < -0.4 is 25.6 Å². The summed E-state index contributed by atoms with van der Waals surface area (Å²) in [6, 6.07) is 99.7. The van der Waals surface area contributed by atoms with Crippen LogP contribution in [0.4, 0.5) is 17.1 Å². The van der Waals surface area contributed by atoms with Crippen LogP contribution in [0.15, 0.2) is 267 Å². The van der Waals surface area contributed by atoms with Crippen molar-refractivity contribution >= 4 is 67.7 Å². The van der Waals surface area contributed by atoms with E-state index in [0.29, 0.717) is 0 Å². The van der Waals surface area contributed by atoms with Gasteiger partial charge in [0.2, 0.25) is 0 Å². The van der Waals surface area contributed by atoms with E-state index < -0.39 is 8.07 Å². The summed E-state index contributed by atoms with van der Waals surface area (Å²) < 4.78 is 2.39. The van der Waals surface area contributed by atoms with Crippen molar-refractivity contribution in [1.82, 2.24) is 4.57 Å². The molecule has 3 heteroatoms. The second kappa shape index (κ2) is 16.4. The molecule has 0 spiro atoms. The highest BCUT2D eigenvalue weighted by molar-refractivity contribution is 7.22. The molecule has 340 valence electrons. The van der Waals surface area contributed by atoms with Gasteiger partial charge in [-0.3, -0.25) is 0 Å². The van der Waals surface area contributed by atoms with E-state index >= 15 is 0 Å². The summed E-state index contributed by atoms with van der Waals surface area (Å²) in [6.45, 7) is 4.71. The standard InChI is InChI=1S/C69H50N2Si/c1-69(2)63-26-11-6-21-57(63)58-44-35-50(46-64(58)69)48-33-38-52(39-34-48)70(53-40-42-54(43-41-53)71-65-27-12-7-22-59(65)60-23-8-13-28-66(60)71)51-36-31-47(32-37-51)49-17-16-20-56(45-49)72(55-18-4-3-5-19-55)67-29-14-9-24-61(67)62-25-10-15-30-68(62)72/h3-46H,1-2H3. The molecule has 1 aliphatic heterocycles. The van der Waals surface area contributed by atoms with Gasteiger partial charge in [-0.15, -0.1) is 0 Å². The van der Waals surface area contributed by atoms with Gasteiger partial charge >= 0.3 is 0 Å². The van der Waals surface area contributed by atoms with Crippen molar-refractivity contribution in [3.05, 3.63) is 278 Å². The monoisotopic (exact) mass is 934 g/mol. The van der Waals surface area contributed by atoms with Gasteiger partial charge in [0.15, 0.2) is 8.07 Å². The fourth-order valence-corrected chi connectivity index (χ4v) is 17.7. The third-order valence-electron chi connectivity index (χ3n) is 15.9. The second-order valence-corrected chi connectivity index (χ2v) is 23.8. The lowest BCUT2D eigenvalue weighted by Gasteiger charge is -2.31. The predicted molar refractivity (Wildman–Crippen MR) is 307 cm³/mol. The van der Waals surface area contributed by atoms with Gasteiger partial charge in [0.05, 0.1) is 11.0 Å². The maximum Gasteiger partial charge on any atom is 0.180 e. The topological polar surface area (TPSA) is 8.17 Å². The van der Waals surface area contributed by atoms with Gasteiger partial charge in [0.25, 0.3) is 0 Å². The Hall–Kier alpha value is -8.76. The molecule has 2 heterocycles. The number of benzene rings is 11. The minimum absolute atomic E-state index is 0.0594. The Morgan fingerprint density at radius 3 is 1.40 bits per heavy atom. The Labute approximate surface area is 422 Å². The molecule has 0 bridgehead atoms. The van der Waals surface area contributed by atoms with E-state index in [1.807, 2.05) is 0 Å². The van der Waals surface area contributed by atoms with Crippen molar-refractivity contribution in [2.75, 3.05) is 4.90 Å². The zero-order valence-electron chi connectivity index (χ0n) is 40.3. The predicted octanol–water partition coefficient (Wildman–Crippen LogP) is 15.3. The van der Waals surface area contributed by atoms with Crippen LogP contribution in [-0.2, 0) is 5.41 Å². The number of para-hydroxylation sites is 2. The Bertz CT molecular complexity index is 3950. The van der Waals surface area contributed by atoms with E-state index in [0.717, 1.165) is 22.7 Å². The van der Waals surface area contributed by atoms with E-state index in [1.165, 1.54) is 98.2 Å². The SMILES string of the molecule is CC1(C)c2ccccc2-c2ccc(-c3ccc(N(c4ccc(-c5cccc([Si]6(c7ccccc7)c7ccccc7-c7ccccc76)c5)cc4)c4ccc(-n5c6ccccc6c6ccccc65)cc4)cc3)cc21. The number of hydrogen-bond acceptors (Lipinski definition) is 1. The van der Waals surface area contributed by atoms with Crippen LogP contribution in [0, 0.1) is 0 Å². The lowest BCUT2D eigenvalue weighted by atomic mass is 9.81. The molecule has 1 aromatic heterocycles. The molecule has 1 aliphatic carbocycles. The first-order valence-corrected chi connectivity index (χ1v) is 27.2. The normalized spacial score (nSPS) is 13.6. The minimum atomic E-state index is -2.63. The van der Waals surface area contributed by atoms with Crippen molar-refractivity contribution in [3.63, 3.8) is 0 Å². The van der Waals surface area contributed by atoms with E-state index in [4.69, 9.17) is 0 Å². The van der Waals surface area contributed by atoms with Gasteiger partial charge in [-0.1, -0.05) is 214 Å². The largest absolute Gasteiger partial charge is 0.311 e. The molecular formula is C69H50N2Si. The molecule has 0 radical (unpaired) electrons.